The van der Waals surface area contributed by atoms with Gasteiger partial charge in [-0.15, -0.1) is 0 Å². The molecule has 0 radical (unpaired) electrons. The Morgan fingerprint density at radius 2 is 1.76 bits per heavy atom. The quantitative estimate of drug-likeness (QED) is 0.746. The lowest BCUT2D eigenvalue weighted by molar-refractivity contribution is 0.00578. The van der Waals surface area contributed by atoms with E-state index in [1.165, 1.54) is 0 Å². The highest BCUT2D eigenvalue weighted by molar-refractivity contribution is 9.10. The first-order valence-corrected chi connectivity index (χ1v) is 6.57. The van der Waals surface area contributed by atoms with E-state index in [9.17, 15) is 0 Å². The van der Waals surface area contributed by atoms with E-state index in [2.05, 4.69) is 20.9 Å². The molecule has 1 aliphatic rings. The van der Waals surface area contributed by atoms with Gasteiger partial charge in [-0.25, -0.2) is 0 Å². The van der Waals surface area contributed by atoms with E-state index in [1.54, 1.807) is 12.3 Å². The predicted octanol–water partition coefficient (Wildman–Crippen LogP) is 2.80. The van der Waals surface area contributed by atoms with Crippen molar-refractivity contribution in [2.24, 2.45) is 0 Å². The van der Waals surface area contributed by atoms with Gasteiger partial charge < -0.3 is 9.31 Å². The highest BCUT2D eigenvalue weighted by Gasteiger charge is 2.53. The predicted molar refractivity (Wildman–Crippen MR) is 72.7 cm³/mol. The van der Waals surface area contributed by atoms with Crippen LogP contribution in [0.5, 0.6) is 0 Å². The van der Waals surface area contributed by atoms with E-state index in [4.69, 9.17) is 20.9 Å². The molecule has 0 amide bonds. The molecule has 2 heterocycles. The zero-order valence-corrected chi connectivity index (χ0v) is 12.6. The third-order valence-electron chi connectivity index (χ3n) is 3.35. The molecule has 1 aromatic rings. The zero-order valence-electron chi connectivity index (χ0n) is 10.3. The molecular formula is C11H14BBrClNO2. The fourth-order valence-corrected chi connectivity index (χ4v) is 2.08. The van der Waals surface area contributed by atoms with Gasteiger partial charge in [0.25, 0.3) is 0 Å². The number of hydrogen-bond donors (Lipinski definition) is 0. The Labute approximate surface area is 115 Å². The van der Waals surface area contributed by atoms with Crippen LogP contribution in [0.15, 0.2) is 16.7 Å². The molecule has 0 aromatic carbocycles. The molecule has 17 heavy (non-hydrogen) atoms. The molecule has 1 fully saturated rings. The fourth-order valence-electron chi connectivity index (χ4n) is 1.55. The Hall–Kier alpha value is -0.0951. The van der Waals surface area contributed by atoms with Crippen molar-refractivity contribution in [1.29, 1.82) is 0 Å². The first kappa shape index (κ1) is 13.3. The summed E-state index contributed by atoms with van der Waals surface area (Å²) < 4.78 is 12.6. The minimum absolute atomic E-state index is 0.384. The van der Waals surface area contributed by atoms with Gasteiger partial charge in [0.2, 0.25) is 0 Å². The Balaban J connectivity index is 2.36. The summed E-state index contributed by atoms with van der Waals surface area (Å²) >= 11 is 9.56. The highest BCUT2D eigenvalue weighted by atomic mass is 79.9. The minimum Gasteiger partial charge on any atom is -0.398 e. The van der Waals surface area contributed by atoms with Gasteiger partial charge in [-0.2, -0.15) is 0 Å². The molecule has 0 bridgehead atoms. The Kier molecular flexibility index (Phi) is 3.32. The molecule has 1 aliphatic heterocycles. The maximum Gasteiger partial charge on any atom is 0.516 e. The van der Waals surface area contributed by atoms with Crippen LogP contribution < -0.4 is 5.59 Å². The maximum absolute atomic E-state index is 6.19. The summed E-state index contributed by atoms with van der Waals surface area (Å²) in [5.74, 6) is 0. The summed E-state index contributed by atoms with van der Waals surface area (Å²) in [7, 11) is -0.523. The lowest BCUT2D eigenvalue weighted by atomic mass is 9.84. The first-order valence-electron chi connectivity index (χ1n) is 5.40. The van der Waals surface area contributed by atoms with E-state index in [1.807, 2.05) is 27.7 Å². The van der Waals surface area contributed by atoms with E-state index < -0.39 is 7.12 Å². The molecule has 1 saturated heterocycles. The van der Waals surface area contributed by atoms with E-state index in [-0.39, 0.29) is 11.2 Å². The molecule has 6 heteroatoms. The van der Waals surface area contributed by atoms with Crippen LogP contribution in [0.4, 0.5) is 0 Å². The molecule has 2 rings (SSSR count). The van der Waals surface area contributed by atoms with Gasteiger partial charge in [-0.3, -0.25) is 4.98 Å². The molecule has 0 unspecified atom stereocenters. The molecule has 92 valence electrons. The smallest absolute Gasteiger partial charge is 0.398 e. The zero-order chi connectivity index (χ0) is 12.8. The minimum atomic E-state index is -0.523. The van der Waals surface area contributed by atoms with Crippen molar-refractivity contribution in [3.8, 4) is 0 Å². The van der Waals surface area contributed by atoms with Crippen LogP contribution in [0.25, 0.3) is 0 Å². The van der Waals surface area contributed by atoms with Crippen molar-refractivity contribution in [1.82, 2.24) is 4.98 Å². The third-order valence-corrected chi connectivity index (χ3v) is 4.63. The third kappa shape index (κ3) is 2.26. The van der Waals surface area contributed by atoms with Gasteiger partial charge in [0.1, 0.15) is 0 Å². The largest absolute Gasteiger partial charge is 0.516 e. The summed E-state index contributed by atoms with van der Waals surface area (Å²) in [6.07, 6.45) is 1.68. The van der Waals surface area contributed by atoms with E-state index >= 15 is 0 Å². The Morgan fingerprint density at radius 3 is 2.29 bits per heavy atom. The van der Waals surface area contributed by atoms with E-state index in [0.29, 0.717) is 10.6 Å². The number of halogens is 2. The monoisotopic (exact) mass is 317 g/mol. The number of aromatic nitrogens is 1. The normalized spacial score (nSPS) is 21.9. The lowest BCUT2D eigenvalue weighted by Crippen LogP contribution is -2.41. The van der Waals surface area contributed by atoms with Crippen LogP contribution >= 0.6 is 27.5 Å². The van der Waals surface area contributed by atoms with Crippen molar-refractivity contribution in [2.75, 3.05) is 0 Å². The molecular weight excluding hydrogens is 304 g/mol. The summed E-state index contributed by atoms with van der Waals surface area (Å²) in [6.45, 7) is 8.00. The van der Waals surface area contributed by atoms with Crippen molar-refractivity contribution in [3.05, 3.63) is 21.8 Å². The van der Waals surface area contributed by atoms with Gasteiger partial charge in [-0.05, 0) is 49.7 Å². The molecule has 1 aromatic heterocycles. The van der Waals surface area contributed by atoms with Crippen LogP contribution in [-0.4, -0.2) is 23.3 Å². The number of pyridine rings is 1. The second kappa shape index (κ2) is 4.23. The molecule has 0 aliphatic carbocycles. The van der Waals surface area contributed by atoms with Crippen LogP contribution in [-0.2, 0) is 9.31 Å². The standard InChI is InChI=1S/C11H14BBrClNO2/c1-10(2)11(3,4)17-12(16-10)9-8(14)7(13)5-6-15-9/h5-6H,1-4H3. The van der Waals surface area contributed by atoms with Crippen LogP contribution in [0.2, 0.25) is 5.02 Å². The van der Waals surface area contributed by atoms with Gasteiger partial charge in [-0.1, -0.05) is 11.6 Å². The van der Waals surface area contributed by atoms with Crippen LogP contribution in [0, 0.1) is 0 Å². The van der Waals surface area contributed by atoms with Crippen LogP contribution in [0.3, 0.4) is 0 Å². The fraction of sp³-hybridized carbons (Fsp3) is 0.545. The van der Waals surface area contributed by atoms with Crippen molar-refractivity contribution in [2.45, 2.75) is 38.9 Å². The topological polar surface area (TPSA) is 31.4 Å². The van der Waals surface area contributed by atoms with Gasteiger partial charge >= 0.3 is 7.12 Å². The lowest BCUT2D eigenvalue weighted by Gasteiger charge is -2.32. The summed E-state index contributed by atoms with van der Waals surface area (Å²) in [6, 6.07) is 1.79. The molecule has 0 atom stereocenters. The Morgan fingerprint density at radius 1 is 1.24 bits per heavy atom. The molecule has 0 saturated carbocycles. The van der Waals surface area contributed by atoms with Crippen molar-refractivity contribution < 1.29 is 9.31 Å². The van der Waals surface area contributed by atoms with Gasteiger partial charge in [0, 0.05) is 10.7 Å². The van der Waals surface area contributed by atoms with E-state index in [0.717, 1.165) is 4.47 Å². The second-order valence-corrected chi connectivity index (χ2v) is 6.31. The molecule has 0 spiro atoms. The van der Waals surface area contributed by atoms with Crippen molar-refractivity contribution in [3.63, 3.8) is 0 Å². The number of rotatable bonds is 1. The Bertz CT molecular complexity index is 437. The summed E-state index contributed by atoms with van der Waals surface area (Å²) in [5.41, 5.74) is -0.157. The highest BCUT2D eigenvalue weighted by Crippen LogP contribution is 2.37. The van der Waals surface area contributed by atoms with Crippen molar-refractivity contribution >= 4 is 40.2 Å². The SMILES string of the molecule is CC1(C)OB(c2nccc(Br)c2Cl)OC1(C)C. The average molecular weight is 318 g/mol. The average Bonchev–Trinajstić information content (AvgIpc) is 2.40. The van der Waals surface area contributed by atoms with Gasteiger partial charge in [0.05, 0.1) is 21.8 Å². The molecule has 0 N–H and O–H groups in total. The number of nitrogens with zero attached hydrogens (tertiary/aromatic N) is 1. The first-order chi connectivity index (χ1) is 7.74. The molecule has 3 nitrogen and oxygen atoms in total. The number of hydrogen-bond acceptors (Lipinski definition) is 3. The second-order valence-electron chi connectivity index (χ2n) is 5.08. The summed E-state index contributed by atoms with van der Waals surface area (Å²) in [5, 5.41) is 0.533. The maximum atomic E-state index is 6.19. The van der Waals surface area contributed by atoms with Gasteiger partial charge in [0.15, 0.2) is 0 Å². The summed E-state index contributed by atoms with van der Waals surface area (Å²) in [4.78, 5) is 4.24. The van der Waals surface area contributed by atoms with Crippen LogP contribution in [0.1, 0.15) is 27.7 Å².